The van der Waals surface area contributed by atoms with Crippen LogP contribution in [-0.2, 0) is 16.1 Å². The summed E-state index contributed by atoms with van der Waals surface area (Å²) in [7, 11) is 0. The quantitative estimate of drug-likeness (QED) is 0.871. The second-order valence-corrected chi connectivity index (χ2v) is 4.01. The Bertz CT molecular complexity index is 514. The number of carbonyl (C=O) groups is 1. The van der Waals surface area contributed by atoms with Crippen molar-refractivity contribution in [3.8, 4) is 0 Å². The zero-order valence-corrected chi connectivity index (χ0v) is 10.3. The van der Waals surface area contributed by atoms with E-state index in [4.69, 9.17) is 16.3 Å². The largest absolute Gasteiger partial charge is 0.367 e. The van der Waals surface area contributed by atoms with E-state index in [1.165, 1.54) is 0 Å². The molecule has 94 valence electrons. The number of halogens is 1. The van der Waals surface area contributed by atoms with E-state index < -0.39 is 0 Å². The first-order valence-electron chi connectivity index (χ1n) is 5.36. The normalized spacial score (nSPS) is 10.3. The summed E-state index contributed by atoms with van der Waals surface area (Å²) in [5, 5.41) is 9.58. The van der Waals surface area contributed by atoms with Crippen molar-refractivity contribution in [3.63, 3.8) is 0 Å². The number of nitrogens with one attached hydrogen (secondary N) is 2. The van der Waals surface area contributed by atoms with Crippen LogP contribution < -0.4 is 5.32 Å². The van der Waals surface area contributed by atoms with Gasteiger partial charge in [-0.1, -0.05) is 29.8 Å². The number of H-pyrrole nitrogens is 1. The first-order valence-corrected chi connectivity index (χ1v) is 5.74. The number of nitrogens with zero attached hydrogens (tertiary/aromatic N) is 1. The van der Waals surface area contributed by atoms with Gasteiger partial charge in [-0.15, -0.1) is 0 Å². The molecule has 2 rings (SSSR count). The molecule has 1 amide bonds. The third-order valence-corrected chi connectivity index (χ3v) is 2.59. The monoisotopic (exact) mass is 265 g/mol. The molecule has 0 atom stereocenters. The number of hydrogen-bond donors (Lipinski definition) is 2. The van der Waals surface area contributed by atoms with Crippen molar-refractivity contribution >= 4 is 23.3 Å². The summed E-state index contributed by atoms with van der Waals surface area (Å²) in [5.74, 6) is 0.299. The van der Waals surface area contributed by atoms with Gasteiger partial charge >= 0.3 is 0 Å². The fourth-order valence-electron chi connectivity index (χ4n) is 1.38. The molecule has 5 nitrogen and oxygen atoms in total. The van der Waals surface area contributed by atoms with E-state index in [9.17, 15) is 4.79 Å². The van der Waals surface area contributed by atoms with Crippen LogP contribution >= 0.6 is 11.6 Å². The molecule has 0 bridgehead atoms. The molecule has 0 saturated heterocycles. The number of amides is 1. The van der Waals surface area contributed by atoms with Crippen molar-refractivity contribution in [1.29, 1.82) is 0 Å². The molecule has 6 heteroatoms. The van der Waals surface area contributed by atoms with E-state index in [-0.39, 0.29) is 12.5 Å². The molecule has 0 aliphatic carbocycles. The summed E-state index contributed by atoms with van der Waals surface area (Å²) in [4.78, 5) is 11.5. The number of hydrogen-bond acceptors (Lipinski definition) is 3. The van der Waals surface area contributed by atoms with E-state index in [1.807, 2.05) is 18.2 Å². The molecule has 1 aromatic carbocycles. The van der Waals surface area contributed by atoms with E-state index in [0.29, 0.717) is 17.4 Å². The zero-order valence-electron chi connectivity index (χ0n) is 9.52. The van der Waals surface area contributed by atoms with Gasteiger partial charge in [-0.25, -0.2) is 0 Å². The van der Waals surface area contributed by atoms with Crippen molar-refractivity contribution in [2.24, 2.45) is 0 Å². The van der Waals surface area contributed by atoms with Crippen LogP contribution in [-0.4, -0.2) is 22.7 Å². The Hall–Kier alpha value is -1.85. The highest BCUT2D eigenvalue weighted by molar-refractivity contribution is 6.31. The predicted octanol–water partition coefficient (Wildman–Crippen LogP) is 2.22. The topological polar surface area (TPSA) is 67.0 Å². The lowest BCUT2D eigenvalue weighted by atomic mass is 10.2. The van der Waals surface area contributed by atoms with Crippen molar-refractivity contribution in [2.75, 3.05) is 11.9 Å². The fraction of sp³-hybridized carbons (Fsp3) is 0.167. The lowest BCUT2D eigenvalue weighted by molar-refractivity contribution is -0.121. The van der Waals surface area contributed by atoms with Crippen LogP contribution in [0.1, 0.15) is 5.56 Å². The van der Waals surface area contributed by atoms with Crippen molar-refractivity contribution in [2.45, 2.75) is 6.61 Å². The fourth-order valence-corrected chi connectivity index (χ4v) is 1.57. The van der Waals surface area contributed by atoms with Gasteiger partial charge in [0.25, 0.3) is 5.91 Å². The first kappa shape index (κ1) is 12.6. The third-order valence-electron chi connectivity index (χ3n) is 2.22. The highest BCUT2D eigenvalue weighted by Crippen LogP contribution is 2.15. The van der Waals surface area contributed by atoms with E-state index in [1.54, 1.807) is 18.3 Å². The highest BCUT2D eigenvalue weighted by Gasteiger charge is 2.04. The molecule has 0 unspecified atom stereocenters. The van der Waals surface area contributed by atoms with Gasteiger partial charge in [-0.3, -0.25) is 9.89 Å². The Morgan fingerprint density at radius 2 is 2.22 bits per heavy atom. The summed E-state index contributed by atoms with van der Waals surface area (Å²) in [5.41, 5.74) is 0.855. The number of aromatic nitrogens is 2. The summed E-state index contributed by atoms with van der Waals surface area (Å²) in [6.45, 7) is 0.264. The minimum absolute atomic E-state index is 0.0375. The standard InChI is InChI=1S/C12H12ClN3O2/c13-10-4-2-1-3-9(10)7-18-8-12(17)15-11-5-6-14-16-11/h1-6H,7-8H2,(H2,14,15,16,17). The molecule has 0 saturated carbocycles. The lowest BCUT2D eigenvalue weighted by Crippen LogP contribution is -2.18. The van der Waals surface area contributed by atoms with E-state index in [2.05, 4.69) is 15.5 Å². The van der Waals surface area contributed by atoms with Crippen LogP contribution in [0.25, 0.3) is 0 Å². The van der Waals surface area contributed by atoms with Crippen LogP contribution in [0.5, 0.6) is 0 Å². The Labute approximate surface area is 109 Å². The molecule has 2 aromatic rings. The Morgan fingerprint density at radius 1 is 1.39 bits per heavy atom. The first-order chi connectivity index (χ1) is 8.75. The lowest BCUT2D eigenvalue weighted by Gasteiger charge is -2.06. The predicted molar refractivity (Wildman–Crippen MR) is 68.3 cm³/mol. The molecule has 0 spiro atoms. The summed E-state index contributed by atoms with van der Waals surface area (Å²) in [6.07, 6.45) is 1.56. The summed E-state index contributed by atoms with van der Waals surface area (Å²) < 4.78 is 5.28. The maximum atomic E-state index is 11.5. The van der Waals surface area contributed by atoms with Crippen molar-refractivity contribution < 1.29 is 9.53 Å². The smallest absolute Gasteiger partial charge is 0.251 e. The van der Waals surface area contributed by atoms with Crippen LogP contribution in [0.2, 0.25) is 5.02 Å². The van der Waals surface area contributed by atoms with Crippen LogP contribution in [0, 0.1) is 0 Å². The molecular weight excluding hydrogens is 254 g/mol. The molecule has 18 heavy (non-hydrogen) atoms. The van der Waals surface area contributed by atoms with Gasteiger partial charge < -0.3 is 10.1 Å². The Kier molecular flexibility index (Phi) is 4.33. The van der Waals surface area contributed by atoms with E-state index >= 15 is 0 Å². The maximum Gasteiger partial charge on any atom is 0.251 e. The average molecular weight is 266 g/mol. The molecule has 0 aliphatic heterocycles. The van der Waals surface area contributed by atoms with Gasteiger partial charge in [0.2, 0.25) is 0 Å². The number of aromatic amines is 1. The van der Waals surface area contributed by atoms with Gasteiger partial charge in [0.05, 0.1) is 12.8 Å². The van der Waals surface area contributed by atoms with Crippen molar-refractivity contribution in [3.05, 3.63) is 47.1 Å². The van der Waals surface area contributed by atoms with Crippen LogP contribution in [0.15, 0.2) is 36.5 Å². The minimum atomic E-state index is -0.244. The Balaban J connectivity index is 1.75. The molecule has 1 heterocycles. The highest BCUT2D eigenvalue weighted by atomic mass is 35.5. The summed E-state index contributed by atoms with van der Waals surface area (Å²) in [6, 6.07) is 9.01. The van der Waals surface area contributed by atoms with Gasteiger partial charge in [0.1, 0.15) is 12.4 Å². The minimum Gasteiger partial charge on any atom is -0.367 e. The number of carbonyl (C=O) groups excluding carboxylic acids is 1. The summed E-state index contributed by atoms with van der Waals surface area (Å²) >= 11 is 5.96. The number of ether oxygens (including phenoxy) is 1. The number of rotatable bonds is 5. The molecule has 0 aliphatic rings. The van der Waals surface area contributed by atoms with Gasteiger partial charge in [0.15, 0.2) is 0 Å². The van der Waals surface area contributed by atoms with Crippen LogP contribution in [0.3, 0.4) is 0 Å². The molecule has 1 aromatic heterocycles. The molecular formula is C12H12ClN3O2. The SMILES string of the molecule is O=C(COCc1ccccc1Cl)Nc1ccn[nH]1. The van der Waals surface area contributed by atoms with Crippen LogP contribution in [0.4, 0.5) is 5.82 Å². The van der Waals surface area contributed by atoms with Gasteiger partial charge in [0, 0.05) is 11.1 Å². The zero-order chi connectivity index (χ0) is 12.8. The molecule has 0 fully saturated rings. The average Bonchev–Trinajstić information content (AvgIpc) is 2.84. The maximum absolute atomic E-state index is 11.5. The second kappa shape index (κ2) is 6.18. The van der Waals surface area contributed by atoms with Crippen molar-refractivity contribution in [1.82, 2.24) is 10.2 Å². The second-order valence-electron chi connectivity index (χ2n) is 3.60. The molecule has 0 radical (unpaired) electrons. The number of anilines is 1. The molecule has 2 N–H and O–H groups in total. The van der Waals surface area contributed by atoms with Gasteiger partial charge in [-0.05, 0) is 11.6 Å². The van der Waals surface area contributed by atoms with Gasteiger partial charge in [-0.2, -0.15) is 5.10 Å². The Morgan fingerprint density at radius 3 is 2.94 bits per heavy atom. The number of benzene rings is 1. The van der Waals surface area contributed by atoms with E-state index in [0.717, 1.165) is 5.56 Å². The third kappa shape index (κ3) is 3.58.